The van der Waals surface area contributed by atoms with Gasteiger partial charge in [0.1, 0.15) is 18.2 Å². The van der Waals surface area contributed by atoms with Crippen molar-refractivity contribution < 1.29 is 14.4 Å². The second-order valence-corrected chi connectivity index (χ2v) is 6.23. The molecule has 0 radical (unpaired) electrons. The number of H-pyrrole nitrogens is 1. The molecule has 2 aromatic carbocycles. The van der Waals surface area contributed by atoms with Gasteiger partial charge in [0.2, 0.25) is 0 Å². The number of nitro groups is 1. The molecule has 8 heteroatoms. The molecule has 0 amide bonds. The second-order valence-electron chi connectivity index (χ2n) is 6.23. The number of nitro benzene ring substituents is 1. The van der Waals surface area contributed by atoms with Crippen LogP contribution in [-0.2, 0) is 6.61 Å². The average Bonchev–Trinajstić information content (AvgIpc) is 2.71. The van der Waals surface area contributed by atoms with E-state index in [1.54, 1.807) is 6.92 Å². The maximum Gasteiger partial charge on any atom is 0.281 e. The lowest BCUT2D eigenvalue weighted by molar-refractivity contribution is -0.384. The van der Waals surface area contributed by atoms with E-state index in [1.807, 2.05) is 36.4 Å². The molecule has 0 saturated heterocycles. The minimum Gasteiger partial charge on any atom is -0.493 e. The van der Waals surface area contributed by atoms with Gasteiger partial charge in [0, 0.05) is 11.3 Å². The summed E-state index contributed by atoms with van der Waals surface area (Å²) >= 11 is 0. The quantitative estimate of drug-likeness (QED) is 0.505. The van der Waals surface area contributed by atoms with Crippen molar-refractivity contribution >= 4 is 5.69 Å². The third kappa shape index (κ3) is 4.09. The average molecular weight is 391 g/mol. The lowest BCUT2D eigenvalue weighted by Gasteiger charge is -2.14. The number of nitriles is 1. The molecule has 3 aromatic rings. The molecule has 0 saturated carbocycles. The Balaban J connectivity index is 2.17. The molecule has 1 aromatic heterocycles. The molecule has 146 valence electrons. The topological polar surface area (TPSA) is 118 Å². The molecule has 29 heavy (non-hydrogen) atoms. The van der Waals surface area contributed by atoms with Gasteiger partial charge in [0.25, 0.3) is 11.2 Å². The molecule has 0 bridgehead atoms. The number of nitrogens with one attached hydrogen (secondary N) is 1. The van der Waals surface area contributed by atoms with Crippen LogP contribution in [0, 0.1) is 28.4 Å². The van der Waals surface area contributed by atoms with E-state index >= 15 is 0 Å². The molecule has 0 aliphatic rings. The van der Waals surface area contributed by atoms with Crippen molar-refractivity contribution in [3.05, 3.63) is 85.8 Å². The predicted molar refractivity (Wildman–Crippen MR) is 106 cm³/mol. The standard InChI is InChI=1S/C21H17N3O5/c1-13-8-15(17(11-22)21(25)23-13)16-9-20(19(28-2)10-18(16)24(26)27)29-12-14-6-4-3-5-7-14/h3-10H,12H2,1-2H3,(H,23,25). The van der Waals surface area contributed by atoms with Crippen LogP contribution in [-0.4, -0.2) is 17.0 Å². The first-order chi connectivity index (χ1) is 13.9. The summed E-state index contributed by atoms with van der Waals surface area (Å²) in [7, 11) is 1.38. The number of rotatable bonds is 6. The van der Waals surface area contributed by atoms with Gasteiger partial charge in [-0.15, -0.1) is 0 Å². The summed E-state index contributed by atoms with van der Waals surface area (Å²) in [6, 6.07) is 15.4. The lowest BCUT2D eigenvalue weighted by Crippen LogP contribution is -2.13. The number of hydrogen-bond donors (Lipinski definition) is 1. The largest absolute Gasteiger partial charge is 0.493 e. The van der Waals surface area contributed by atoms with Crippen molar-refractivity contribution in [2.45, 2.75) is 13.5 Å². The monoisotopic (exact) mass is 391 g/mol. The van der Waals surface area contributed by atoms with Crippen LogP contribution in [0.5, 0.6) is 11.5 Å². The smallest absolute Gasteiger partial charge is 0.281 e. The van der Waals surface area contributed by atoms with Gasteiger partial charge in [-0.25, -0.2) is 0 Å². The fraction of sp³-hybridized carbons (Fsp3) is 0.143. The third-order valence-electron chi connectivity index (χ3n) is 4.29. The Hall–Kier alpha value is -4.12. The van der Waals surface area contributed by atoms with Crippen molar-refractivity contribution in [2.75, 3.05) is 7.11 Å². The molecule has 1 heterocycles. The lowest BCUT2D eigenvalue weighted by atomic mass is 9.98. The SMILES string of the molecule is COc1cc([N+](=O)[O-])c(-c2cc(C)[nH]c(=O)c2C#N)cc1OCc1ccccc1. The van der Waals surface area contributed by atoms with Crippen molar-refractivity contribution in [1.82, 2.24) is 4.98 Å². The van der Waals surface area contributed by atoms with E-state index in [2.05, 4.69) is 4.98 Å². The number of benzene rings is 2. The van der Waals surface area contributed by atoms with Crippen LogP contribution in [0.2, 0.25) is 0 Å². The molecular formula is C21H17N3O5. The minimum absolute atomic E-state index is 0.101. The maximum atomic E-state index is 12.2. The van der Waals surface area contributed by atoms with Crippen molar-refractivity contribution in [2.24, 2.45) is 0 Å². The van der Waals surface area contributed by atoms with Crippen molar-refractivity contribution in [1.29, 1.82) is 5.26 Å². The van der Waals surface area contributed by atoms with E-state index in [1.165, 1.54) is 25.3 Å². The molecule has 1 N–H and O–H groups in total. The zero-order chi connectivity index (χ0) is 21.0. The van der Waals surface area contributed by atoms with Gasteiger partial charge >= 0.3 is 0 Å². The number of aryl methyl sites for hydroxylation is 1. The molecule has 0 spiro atoms. The van der Waals surface area contributed by atoms with Crippen LogP contribution >= 0.6 is 0 Å². The van der Waals surface area contributed by atoms with E-state index in [0.717, 1.165) is 5.56 Å². The molecule has 0 atom stereocenters. The third-order valence-corrected chi connectivity index (χ3v) is 4.29. The van der Waals surface area contributed by atoms with Crippen molar-refractivity contribution in [3.63, 3.8) is 0 Å². The second kappa shape index (κ2) is 8.27. The number of aromatic amines is 1. The molecule has 0 aliphatic heterocycles. The molecule has 0 fully saturated rings. The van der Waals surface area contributed by atoms with E-state index in [9.17, 15) is 20.2 Å². The number of aromatic nitrogens is 1. The van der Waals surface area contributed by atoms with Gasteiger partial charge in [0.15, 0.2) is 11.5 Å². The molecule has 0 aliphatic carbocycles. The highest BCUT2D eigenvalue weighted by atomic mass is 16.6. The van der Waals surface area contributed by atoms with Gasteiger partial charge in [0.05, 0.1) is 23.7 Å². The fourth-order valence-corrected chi connectivity index (χ4v) is 2.94. The Kier molecular flexibility index (Phi) is 5.60. The van der Waals surface area contributed by atoms with Gasteiger partial charge in [-0.05, 0) is 24.6 Å². The molecular weight excluding hydrogens is 374 g/mol. The van der Waals surface area contributed by atoms with Crippen LogP contribution in [0.25, 0.3) is 11.1 Å². The van der Waals surface area contributed by atoms with Crippen molar-refractivity contribution in [3.8, 4) is 28.7 Å². The first kappa shape index (κ1) is 19.6. The first-order valence-electron chi connectivity index (χ1n) is 8.62. The summed E-state index contributed by atoms with van der Waals surface area (Å²) in [4.78, 5) is 25.8. The van der Waals surface area contributed by atoms with E-state index < -0.39 is 10.5 Å². The highest BCUT2D eigenvalue weighted by Crippen LogP contribution is 2.41. The summed E-state index contributed by atoms with van der Waals surface area (Å²) in [5, 5.41) is 21.1. The number of methoxy groups -OCH3 is 1. The highest BCUT2D eigenvalue weighted by molar-refractivity contribution is 5.80. The van der Waals surface area contributed by atoms with Crippen LogP contribution in [0.4, 0.5) is 5.69 Å². The zero-order valence-corrected chi connectivity index (χ0v) is 15.8. The number of ether oxygens (including phenoxy) is 2. The van der Waals surface area contributed by atoms with Crippen LogP contribution in [0.1, 0.15) is 16.8 Å². The summed E-state index contributed by atoms with van der Waals surface area (Å²) in [5.74, 6) is 0.440. The summed E-state index contributed by atoms with van der Waals surface area (Å²) in [5.41, 5.74) is 0.518. The zero-order valence-electron chi connectivity index (χ0n) is 15.8. The van der Waals surface area contributed by atoms with E-state index in [-0.39, 0.29) is 40.5 Å². The van der Waals surface area contributed by atoms with Crippen LogP contribution in [0.3, 0.4) is 0 Å². The minimum atomic E-state index is -0.612. The van der Waals surface area contributed by atoms with Gasteiger partial charge in [-0.3, -0.25) is 14.9 Å². The Morgan fingerprint density at radius 1 is 1.14 bits per heavy atom. The van der Waals surface area contributed by atoms with Crippen LogP contribution in [0.15, 0.2) is 53.3 Å². The summed E-state index contributed by atoms with van der Waals surface area (Å²) in [6.45, 7) is 1.85. The molecule has 3 rings (SSSR count). The Morgan fingerprint density at radius 3 is 2.48 bits per heavy atom. The van der Waals surface area contributed by atoms with Gasteiger partial charge in [-0.2, -0.15) is 5.26 Å². The number of hydrogen-bond acceptors (Lipinski definition) is 6. The summed E-state index contributed by atoms with van der Waals surface area (Å²) < 4.78 is 11.1. The fourth-order valence-electron chi connectivity index (χ4n) is 2.94. The number of nitrogens with zero attached hydrogens (tertiary/aromatic N) is 2. The Bertz CT molecular complexity index is 1160. The predicted octanol–water partition coefficient (Wildman–Crippen LogP) is 3.72. The van der Waals surface area contributed by atoms with Gasteiger partial charge in [-0.1, -0.05) is 30.3 Å². The maximum absolute atomic E-state index is 12.2. The molecule has 8 nitrogen and oxygen atoms in total. The van der Waals surface area contributed by atoms with Crippen LogP contribution < -0.4 is 15.0 Å². The normalized spacial score (nSPS) is 10.2. The Labute approximate surface area is 166 Å². The first-order valence-corrected chi connectivity index (χ1v) is 8.62. The summed E-state index contributed by atoms with van der Waals surface area (Å²) in [6.07, 6.45) is 0. The highest BCUT2D eigenvalue weighted by Gasteiger charge is 2.24. The number of pyridine rings is 1. The van der Waals surface area contributed by atoms with Gasteiger partial charge < -0.3 is 14.5 Å². The molecule has 0 unspecified atom stereocenters. The van der Waals surface area contributed by atoms with E-state index in [0.29, 0.717) is 5.69 Å². The Morgan fingerprint density at radius 2 is 1.86 bits per heavy atom. The van der Waals surface area contributed by atoms with E-state index in [4.69, 9.17) is 9.47 Å².